The van der Waals surface area contributed by atoms with Gasteiger partial charge in [-0.15, -0.1) is 11.3 Å². The van der Waals surface area contributed by atoms with E-state index in [1.54, 1.807) is 19.1 Å². The van der Waals surface area contributed by atoms with E-state index in [9.17, 15) is 22.8 Å². The minimum absolute atomic E-state index is 0.109. The second-order valence-electron chi connectivity index (χ2n) is 14.4. The summed E-state index contributed by atoms with van der Waals surface area (Å²) in [6, 6.07) is 6.26. The molecule has 4 heterocycles. The lowest BCUT2D eigenvalue weighted by Gasteiger charge is -2.30. The van der Waals surface area contributed by atoms with E-state index in [0.29, 0.717) is 36.7 Å². The zero-order valence-corrected chi connectivity index (χ0v) is 30.9. The van der Waals surface area contributed by atoms with Crippen LogP contribution in [0.5, 0.6) is 11.6 Å². The van der Waals surface area contributed by atoms with Crippen LogP contribution in [0.3, 0.4) is 0 Å². The lowest BCUT2D eigenvalue weighted by molar-refractivity contribution is -0.131. The van der Waals surface area contributed by atoms with Gasteiger partial charge in [0.25, 0.3) is 5.91 Å². The van der Waals surface area contributed by atoms with Gasteiger partial charge in [0, 0.05) is 36.7 Å². The standard InChI is InChI=1S/C36H44N6O7S2/c1-21(2)29-20-50-33(38-29)28-16-22-15-24(48-4)10-13-27(22)32(37-28)49-25-17-30-31(43)39-36(34(44)40-51(46,47)26-11-12-26)18-23(36)9-7-5-6-8-14-41(3)35(45)42(30)19-25/h7,9-10,13,15-16,20-21,23,25-26,30H,5-6,8,11-12,14,17-19H2,1-4H3,(H,39,43)(H,40,44). The number of thiazole rings is 1. The quantitative estimate of drug-likeness (QED) is 0.316. The van der Waals surface area contributed by atoms with Crippen molar-refractivity contribution in [2.75, 3.05) is 27.2 Å². The van der Waals surface area contributed by atoms with E-state index in [4.69, 9.17) is 19.4 Å². The minimum Gasteiger partial charge on any atom is -0.497 e. The number of sulfonamides is 1. The van der Waals surface area contributed by atoms with Crippen molar-refractivity contribution >= 4 is 50.0 Å². The van der Waals surface area contributed by atoms with Crippen LogP contribution in [0.4, 0.5) is 4.79 Å². The first kappa shape index (κ1) is 35.2. The first-order chi connectivity index (χ1) is 24.4. The molecule has 3 aromatic rings. The molecule has 3 fully saturated rings. The fourth-order valence-corrected chi connectivity index (χ4v) is 9.16. The molecule has 1 aromatic carbocycles. The Bertz CT molecular complexity index is 1990. The van der Waals surface area contributed by atoms with Gasteiger partial charge in [-0.2, -0.15) is 0 Å². The van der Waals surface area contributed by atoms with Gasteiger partial charge in [-0.1, -0.05) is 26.0 Å². The smallest absolute Gasteiger partial charge is 0.320 e. The van der Waals surface area contributed by atoms with Crippen LogP contribution in [0.15, 0.2) is 41.8 Å². The molecule has 4 atom stereocenters. The van der Waals surface area contributed by atoms with Gasteiger partial charge in [0.2, 0.25) is 21.8 Å². The number of allylic oxidation sites excluding steroid dienone is 1. The third-order valence-electron chi connectivity index (χ3n) is 10.2. The lowest BCUT2D eigenvalue weighted by Crippen LogP contribution is -2.57. The summed E-state index contributed by atoms with van der Waals surface area (Å²) in [6.07, 6.45) is 6.99. The summed E-state index contributed by atoms with van der Waals surface area (Å²) in [5, 5.41) is 6.66. The number of carbonyl (C=O) groups is 3. The van der Waals surface area contributed by atoms with Gasteiger partial charge in [0.15, 0.2) is 0 Å². The summed E-state index contributed by atoms with van der Waals surface area (Å²) in [4.78, 5) is 54.5. The van der Waals surface area contributed by atoms with E-state index in [1.807, 2.05) is 41.8 Å². The number of urea groups is 1. The number of benzene rings is 1. The maximum absolute atomic E-state index is 14.2. The average Bonchev–Trinajstić information content (AvgIpc) is 3.98. The number of hydrogen-bond donors (Lipinski definition) is 2. The van der Waals surface area contributed by atoms with Crippen LogP contribution in [0.2, 0.25) is 0 Å². The van der Waals surface area contributed by atoms with Crippen molar-refractivity contribution in [3.8, 4) is 22.3 Å². The number of rotatable bonds is 8. The molecule has 4 amide bonds. The van der Waals surface area contributed by atoms with Gasteiger partial charge in [-0.25, -0.2) is 23.2 Å². The summed E-state index contributed by atoms with van der Waals surface area (Å²) in [5.41, 5.74) is 0.177. The predicted molar refractivity (Wildman–Crippen MR) is 193 cm³/mol. The van der Waals surface area contributed by atoms with Crippen molar-refractivity contribution in [1.29, 1.82) is 0 Å². The summed E-state index contributed by atoms with van der Waals surface area (Å²) >= 11 is 1.50. The van der Waals surface area contributed by atoms with E-state index in [-0.39, 0.29) is 37.3 Å². The SMILES string of the molecule is COc1ccc2c(OC3CC4C(=O)NC5(C(=O)NS(=O)(=O)C6CC6)CC5C=CCCCCN(C)C(=O)N4C3)nc(-c3nc(C(C)C)cs3)cc2c1. The largest absolute Gasteiger partial charge is 0.497 e. The van der Waals surface area contributed by atoms with Gasteiger partial charge in [0.1, 0.15) is 34.1 Å². The number of nitrogens with zero attached hydrogens (tertiary/aromatic N) is 4. The predicted octanol–water partition coefficient (Wildman–Crippen LogP) is 4.59. The molecule has 1 saturated heterocycles. The Hall–Kier alpha value is -4.24. The van der Waals surface area contributed by atoms with E-state index in [0.717, 1.165) is 40.7 Å². The molecule has 51 heavy (non-hydrogen) atoms. The number of nitrogens with one attached hydrogen (secondary N) is 2. The Morgan fingerprint density at radius 3 is 2.69 bits per heavy atom. The molecule has 2 saturated carbocycles. The molecule has 4 aliphatic rings. The van der Waals surface area contributed by atoms with Crippen LogP contribution in [0, 0.1) is 5.92 Å². The van der Waals surface area contributed by atoms with Gasteiger partial charge >= 0.3 is 6.03 Å². The number of amides is 4. The number of carbonyl (C=O) groups excluding carboxylic acids is 3. The molecule has 4 unspecified atom stereocenters. The van der Waals surface area contributed by atoms with Gasteiger partial charge in [-0.05, 0) is 74.1 Å². The molecule has 2 aromatic heterocycles. The molecule has 2 N–H and O–H groups in total. The van der Waals surface area contributed by atoms with Crippen LogP contribution >= 0.6 is 11.3 Å². The zero-order valence-electron chi connectivity index (χ0n) is 29.3. The van der Waals surface area contributed by atoms with Crippen LogP contribution in [-0.4, -0.2) is 96.2 Å². The van der Waals surface area contributed by atoms with E-state index in [2.05, 4.69) is 23.9 Å². The molecule has 272 valence electrons. The first-order valence-corrected chi connectivity index (χ1v) is 20.0. The maximum Gasteiger partial charge on any atom is 0.320 e. The third-order valence-corrected chi connectivity index (χ3v) is 12.9. The Kier molecular flexibility index (Phi) is 9.46. The molecular formula is C36H44N6O7S2. The summed E-state index contributed by atoms with van der Waals surface area (Å²) < 4.78 is 39.8. The Morgan fingerprint density at radius 2 is 1.96 bits per heavy atom. The van der Waals surface area contributed by atoms with Crippen molar-refractivity contribution in [1.82, 2.24) is 29.8 Å². The highest BCUT2D eigenvalue weighted by Crippen LogP contribution is 2.46. The second-order valence-corrected chi connectivity index (χ2v) is 17.2. The highest BCUT2D eigenvalue weighted by Gasteiger charge is 2.62. The van der Waals surface area contributed by atoms with Crippen molar-refractivity contribution in [2.45, 2.75) is 87.6 Å². The maximum atomic E-state index is 14.2. The second kappa shape index (κ2) is 13.7. The molecule has 0 bridgehead atoms. The van der Waals surface area contributed by atoms with E-state index >= 15 is 0 Å². The lowest BCUT2D eigenvalue weighted by atomic mass is 10.1. The van der Waals surface area contributed by atoms with Crippen molar-refractivity contribution < 1.29 is 32.3 Å². The summed E-state index contributed by atoms with van der Waals surface area (Å²) in [7, 11) is -0.517. The molecule has 0 spiro atoms. The number of hydrogen-bond acceptors (Lipinski definition) is 10. The van der Waals surface area contributed by atoms with Crippen molar-refractivity contribution in [2.24, 2.45) is 5.92 Å². The Labute approximate surface area is 301 Å². The highest BCUT2D eigenvalue weighted by molar-refractivity contribution is 7.91. The Balaban J connectivity index is 1.19. The van der Waals surface area contributed by atoms with E-state index in [1.165, 1.54) is 16.2 Å². The minimum atomic E-state index is -3.84. The Morgan fingerprint density at radius 1 is 1.16 bits per heavy atom. The normalized spacial score (nSPS) is 25.6. The topological polar surface area (TPSA) is 160 Å². The first-order valence-electron chi connectivity index (χ1n) is 17.6. The fraction of sp³-hybridized carbons (Fsp3) is 0.528. The monoisotopic (exact) mass is 736 g/mol. The highest BCUT2D eigenvalue weighted by atomic mass is 32.2. The molecule has 7 rings (SSSR count). The molecule has 2 aliphatic heterocycles. The zero-order chi connectivity index (χ0) is 36.1. The number of methoxy groups -OCH3 is 1. The van der Waals surface area contributed by atoms with Gasteiger partial charge in [0.05, 0.1) is 24.6 Å². The van der Waals surface area contributed by atoms with Gasteiger partial charge in [-0.3, -0.25) is 14.3 Å². The van der Waals surface area contributed by atoms with Crippen LogP contribution in [0.1, 0.15) is 70.4 Å². The average molecular weight is 737 g/mol. The molecular weight excluding hydrogens is 693 g/mol. The number of fused-ring (bicyclic) bond motifs is 3. The summed E-state index contributed by atoms with van der Waals surface area (Å²) in [6.45, 7) is 4.79. The van der Waals surface area contributed by atoms with Crippen LogP contribution in [0.25, 0.3) is 21.5 Å². The summed E-state index contributed by atoms with van der Waals surface area (Å²) in [5.74, 6) is -0.368. The van der Waals surface area contributed by atoms with Crippen LogP contribution in [-0.2, 0) is 19.6 Å². The van der Waals surface area contributed by atoms with E-state index < -0.39 is 44.8 Å². The molecule has 15 heteroatoms. The van der Waals surface area contributed by atoms with Crippen molar-refractivity contribution in [3.05, 3.63) is 47.5 Å². The van der Waals surface area contributed by atoms with Crippen molar-refractivity contribution in [3.63, 3.8) is 0 Å². The molecule has 13 nitrogen and oxygen atoms in total. The molecule has 2 aliphatic carbocycles. The van der Waals surface area contributed by atoms with Crippen LogP contribution < -0.4 is 19.5 Å². The fourth-order valence-electron chi connectivity index (χ4n) is 6.85. The number of ether oxygens (including phenoxy) is 2. The number of aromatic nitrogens is 2. The molecule has 0 radical (unpaired) electrons. The third kappa shape index (κ3) is 7.14. The van der Waals surface area contributed by atoms with Gasteiger partial charge < -0.3 is 24.6 Å². The number of pyridine rings is 1.